The number of amides is 1. The fourth-order valence-electron chi connectivity index (χ4n) is 2.75. The fourth-order valence-corrected chi connectivity index (χ4v) is 2.75. The van der Waals surface area contributed by atoms with Crippen LogP contribution < -0.4 is 5.32 Å². The average Bonchev–Trinajstić information content (AvgIpc) is 3.24. The van der Waals surface area contributed by atoms with Gasteiger partial charge in [-0.05, 0) is 25.1 Å². The third kappa shape index (κ3) is 3.52. The molecule has 1 amide bonds. The highest BCUT2D eigenvalue weighted by Crippen LogP contribution is 2.17. The molecule has 1 atom stereocenters. The van der Waals surface area contributed by atoms with Gasteiger partial charge < -0.3 is 14.6 Å². The van der Waals surface area contributed by atoms with E-state index in [-0.39, 0.29) is 19.0 Å². The second-order valence-electron chi connectivity index (χ2n) is 5.94. The van der Waals surface area contributed by atoms with Crippen LogP contribution in [-0.2, 0) is 27.4 Å². The van der Waals surface area contributed by atoms with E-state index in [9.17, 15) is 9.59 Å². The topological polar surface area (TPSA) is 91.0 Å². The molecule has 3 aromatic rings. The van der Waals surface area contributed by atoms with Gasteiger partial charge in [-0.15, -0.1) is 0 Å². The molecule has 0 bridgehead atoms. The second-order valence-corrected chi connectivity index (χ2v) is 5.94. The van der Waals surface area contributed by atoms with E-state index in [0.29, 0.717) is 0 Å². The molecule has 0 aliphatic carbocycles. The molecule has 0 aliphatic rings. The zero-order valence-corrected chi connectivity index (χ0v) is 14.0. The molecule has 0 radical (unpaired) electrons. The molecule has 0 saturated heterocycles. The summed E-state index contributed by atoms with van der Waals surface area (Å²) in [6.45, 7) is 1.85. The third-order valence-corrected chi connectivity index (χ3v) is 3.93. The molecular weight excluding hydrogens is 322 g/mol. The summed E-state index contributed by atoms with van der Waals surface area (Å²) < 4.78 is 8.21. The van der Waals surface area contributed by atoms with Crippen LogP contribution in [0.5, 0.6) is 0 Å². The lowest BCUT2D eigenvalue weighted by Crippen LogP contribution is -2.56. The molecule has 2 aromatic heterocycles. The first-order valence-electron chi connectivity index (χ1n) is 7.78. The molecule has 1 aromatic carbocycles. The van der Waals surface area contributed by atoms with Crippen LogP contribution in [0.15, 0.2) is 49.1 Å². The first kappa shape index (κ1) is 16.7. The standard InChI is InChI=1S/C17H19N5O3/c1-17(16(24)25-2,20-15(23)10-22-9-5-8-19-22)11-21-12-18-13-6-3-4-7-14(13)21/h3-9,12H,10-11H2,1-2H3,(H,20,23). The summed E-state index contributed by atoms with van der Waals surface area (Å²) in [7, 11) is 1.30. The number of imidazole rings is 1. The first-order valence-corrected chi connectivity index (χ1v) is 7.78. The van der Waals surface area contributed by atoms with Crippen LogP contribution >= 0.6 is 0 Å². The molecule has 8 nitrogen and oxygen atoms in total. The smallest absolute Gasteiger partial charge is 0.333 e. The van der Waals surface area contributed by atoms with Gasteiger partial charge in [0.2, 0.25) is 5.91 Å². The second kappa shape index (κ2) is 6.76. The predicted molar refractivity (Wildman–Crippen MR) is 90.5 cm³/mol. The van der Waals surface area contributed by atoms with Crippen molar-refractivity contribution < 1.29 is 14.3 Å². The van der Waals surface area contributed by atoms with Crippen LogP contribution in [0.2, 0.25) is 0 Å². The lowest BCUT2D eigenvalue weighted by molar-refractivity contribution is -0.151. The number of benzene rings is 1. The van der Waals surface area contributed by atoms with Gasteiger partial charge in [0.15, 0.2) is 5.54 Å². The number of aromatic nitrogens is 4. The zero-order chi connectivity index (χ0) is 17.9. The van der Waals surface area contributed by atoms with Gasteiger partial charge in [0.05, 0.1) is 31.0 Å². The van der Waals surface area contributed by atoms with Gasteiger partial charge in [-0.3, -0.25) is 9.48 Å². The zero-order valence-electron chi connectivity index (χ0n) is 14.0. The van der Waals surface area contributed by atoms with Gasteiger partial charge in [-0.1, -0.05) is 12.1 Å². The summed E-state index contributed by atoms with van der Waals surface area (Å²) in [5, 5.41) is 6.75. The molecule has 1 unspecified atom stereocenters. The number of ether oxygens (including phenoxy) is 1. The number of hydrogen-bond acceptors (Lipinski definition) is 5. The molecule has 2 heterocycles. The van der Waals surface area contributed by atoms with Crippen molar-refractivity contribution >= 4 is 22.9 Å². The van der Waals surface area contributed by atoms with Crippen LogP contribution in [-0.4, -0.2) is 43.9 Å². The van der Waals surface area contributed by atoms with Gasteiger partial charge in [-0.25, -0.2) is 9.78 Å². The molecule has 3 rings (SSSR count). The van der Waals surface area contributed by atoms with E-state index >= 15 is 0 Å². The monoisotopic (exact) mass is 341 g/mol. The van der Waals surface area contributed by atoms with Crippen LogP contribution in [0.25, 0.3) is 11.0 Å². The van der Waals surface area contributed by atoms with E-state index in [2.05, 4.69) is 15.4 Å². The van der Waals surface area contributed by atoms with Gasteiger partial charge in [0.1, 0.15) is 6.54 Å². The lowest BCUT2D eigenvalue weighted by atomic mass is 10.0. The van der Waals surface area contributed by atoms with Crippen molar-refractivity contribution in [3.63, 3.8) is 0 Å². The van der Waals surface area contributed by atoms with Crippen LogP contribution in [0, 0.1) is 0 Å². The molecule has 0 fully saturated rings. The number of para-hydroxylation sites is 2. The van der Waals surface area contributed by atoms with E-state index < -0.39 is 11.5 Å². The molecule has 8 heteroatoms. The molecule has 0 aliphatic heterocycles. The Labute approximate surface area is 144 Å². The van der Waals surface area contributed by atoms with Gasteiger partial charge in [0, 0.05) is 12.4 Å². The molecule has 130 valence electrons. The minimum Gasteiger partial charge on any atom is -0.467 e. The summed E-state index contributed by atoms with van der Waals surface area (Å²) in [5.74, 6) is -0.861. The van der Waals surface area contributed by atoms with Crippen molar-refractivity contribution in [3.8, 4) is 0 Å². The molecule has 0 spiro atoms. The largest absolute Gasteiger partial charge is 0.467 e. The predicted octanol–water partition coefficient (Wildman–Crippen LogP) is 0.981. The highest BCUT2D eigenvalue weighted by atomic mass is 16.5. The number of methoxy groups -OCH3 is 1. The number of carbonyl (C=O) groups is 2. The molecular formula is C17H19N5O3. The summed E-state index contributed by atoms with van der Waals surface area (Å²) in [5.41, 5.74) is 0.458. The van der Waals surface area contributed by atoms with E-state index in [0.717, 1.165) is 11.0 Å². The van der Waals surface area contributed by atoms with E-state index in [1.165, 1.54) is 11.8 Å². The Bertz CT molecular complexity index is 887. The van der Waals surface area contributed by atoms with E-state index in [4.69, 9.17) is 4.74 Å². The SMILES string of the molecule is COC(=O)C(C)(Cn1cnc2ccccc21)NC(=O)Cn1cccn1. The van der Waals surface area contributed by atoms with E-state index in [1.54, 1.807) is 31.7 Å². The minimum absolute atomic E-state index is 0.0181. The molecule has 0 saturated carbocycles. The van der Waals surface area contributed by atoms with Crippen molar-refractivity contribution in [1.29, 1.82) is 0 Å². The first-order chi connectivity index (χ1) is 12.0. The Hall–Kier alpha value is -3.16. The minimum atomic E-state index is -1.23. The normalized spacial score (nSPS) is 13.4. The maximum Gasteiger partial charge on any atom is 0.333 e. The van der Waals surface area contributed by atoms with Crippen LogP contribution in [0.3, 0.4) is 0 Å². The van der Waals surface area contributed by atoms with Crippen molar-refractivity contribution in [2.75, 3.05) is 7.11 Å². The number of nitrogens with one attached hydrogen (secondary N) is 1. The van der Waals surface area contributed by atoms with Gasteiger partial charge in [0.25, 0.3) is 0 Å². The van der Waals surface area contributed by atoms with Crippen LogP contribution in [0.1, 0.15) is 6.92 Å². The summed E-state index contributed by atoms with van der Waals surface area (Å²) in [4.78, 5) is 29.0. The Morgan fingerprint density at radius 3 is 2.80 bits per heavy atom. The van der Waals surface area contributed by atoms with Gasteiger partial charge in [-0.2, -0.15) is 5.10 Å². The fraction of sp³-hybridized carbons (Fsp3) is 0.294. The van der Waals surface area contributed by atoms with Crippen molar-refractivity contribution in [2.24, 2.45) is 0 Å². The van der Waals surface area contributed by atoms with Crippen molar-refractivity contribution in [3.05, 3.63) is 49.1 Å². The number of esters is 1. The number of fused-ring (bicyclic) bond motifs is 1. The maximum absolute atomic E-state index is 12.3. The Morgan fingerprint density at radius 1 is 1.28 bits per heavy atom. The number of hydrogen-bond donors (Lipinski definition) is 1. The molecule has 1 N–H and O–H groups in total. The number of nitrogens with zero attached hydrogens (tertiary/aromatic N) is 4. The summed E-state index contributed by atoms with van der Waals surface area (Å²) in [6.07, 6.45) is 4.91. The Balaban J connectivity index is 1.83. The lowest BCUT2D eigenvalue weighted by Gasteiger charge is -2.28. The quantitative estimate of drug-likeness (QED) is 0.675. The summed E-state index contributed by atoms with van der Waals surface area (Å²) >= 11 is 0. The molecule has 25 heavy (non-hydrogen) atoms. The Kier molecular flexibility index (Phi) is 4.51. The van der Waals surface area contributed by atoms with Crippen molar-refractivity contribution in [2.45, 2.75) is 25.6 Å². The number of carbonyl (C=O) groups excluding carboxylic acids is 2. The van der Waals surface area contributed by atoms with Crippen LogP contribution in [0.4, 0.5) is 0 Å². The number of rotatable bonds is 6. The van der Waals surface area contributed by atoms with Crippen molar-refractivity contribution in [1.82, 2.24) is 24.6 Å². The third-order valence-electron chi connectivity index (χ3n) is 3.93. The summed E-state index contributed by atoms with van der Waals surface area (Å²) in [6, 6.07) is 9.31. The highest BCUT2D eigenvalue weighted by Gasteiger charge is 2.37. The Morgan fingerprint density at radius 2 is 2.08 bits per heavy atom. The van der Waals surface area contributed by atoms with E-state index in [1.807, 2.05) is 28.8 Å². The highest BCUT2D eigenvalue weighted by molar-refractivity contribution is 5.87. The average molecular weight is 341 g/mol. The van der Waals surface area contributed by atoms with Gasteiger partial charge >= 0.3 is 5.97 Å². The maximum atomic E-state index is 12.3.